The standard InChI is InChI=1S/C20H29IO3/c1-6-17(23)13-19-14(2)7-8-16(20(19,4)5)9-10-18(11-12-21)24-15(3)22/h6,9-10,16,18H,1,7-8,11-13H2,2-5H3/b10-9+. The zero-order chi connectivity index (χ0) is 18.3. The number of allylic oxidation sites excluding steroid dienone is 4. The molecule has 2 atom stereocenters. The van der Waals surface area contributed by atoms with Crippen molar-refractivity contribution in [1.29, 1.82) is 0 Å². The summed E-state index contributed by atoms with van der Waals surface area (Å²) in [6.45, 7) is 11.6. The van der Waals surface area contributed by atoms with Crippen LogP contribution >= 0.6 is 22.6 Å². The van der Waals surface area contributed by atoms with Gasteiger partial charge in [0.2, 0.25) is 0 Å². The highest BCUT2D eigenvalue weighted by Gasteiger charge is 2.36. The molecule has 3 nitrogen and oxygen atoms in total. The number of halogens is 1. The Kier molecular flexibility index (Phi) is 8.40. The molecule has 0 aromatic rings. The van der Waals surface area contributed by atoms with E-state index in [0.29, 0.717) is 12.3 Å². The van der Waals surface area contributed by atoms with Crippen molar-refractivity contribution in [2.24, 2.45) is 11.3 Å². The minimum atomic E-state index is -0.245. The molecule has 24 heavy (non-hydrogen) atoms. The molecular weight excluding hydrogens is 415 g/mol. The van der Waals surface area contributed by atoms with Gasteiger partial charge >= 0.3 is 5.97 Å². The number of alkyl halides is 1. The lowest BCUT2D eigenvalue weighted by molar-refractivity contribution is -0.144. The molecule has 0 bridgehead atoms. The smallest absolute Gasteiger partial charge is 0.303 e. The number of ketones is 1. The van der Waals surface area contributed by atoms with E-state index >= 15 is 0 Å². The minimum Gasteiger partial charge on any atom is -0.458 e. The number of esters is 1. The fourth-order valence-electron chi connectivity index (χ4n) is 3.39. The van der Waals surface area contributed by atoms with Crippen molar-refractivity contribution in [3.8, 4) is 0 Å². The molecule has 1 rings (SSSR count). The second-order valence-corrected chi connectivity index (χ2v) is 8.06. The van der Waals surface area contributed by atoms with Gasteiger partial charge in [0.1, 0.15) is 6.10 Å². The molecule has 0 aliphatic heterocycles. The Balaban J connectivity index is 2.96. The van der Waals surface area contributed by atoms with Gasteiger partial charge in [-0.3, -0.25) is 9.59 Å². The summed E-state index contributed by atoms with van der Waals surface area (Å²) >= 11 is 2.29. The third-order valence-electron chi connectivity index (χ3n) is 4.90. The van der Waals surface area contributed by atoms with Gasteiger partial charge in [0, 0.05) is 17.8 Å². The number of carbonyl (C=O) groups excluding carboxylic acids is 2. The van der Waals surface area contributed by atoms with E-state index < -0.39 is 0 Å². The maximum absolute atomic E-state index is 11.9. The van der Waals surface area contributed by atoms with Crippen molar-refractivity contribution in [3.63, 3.8) is 0 Å². The zero-order valence-electron chi connectivity index (χ0n) is 15.2. The summed E-state index contributed by atoms with van der Waals surface area (Å²) in [5, 5.41) is 0. The van der Waals surface area contributed by atoms with E-state index in [9.17, 15) is 9.59 Å². The predicted octanol–water partition coefficient (Wildman–Crippen LogP) is 5.20. The molecule has 2 unspecified atom stereocenters. The van der Waals surface area contributed by atoms with Crippen LogP contribution in [-0.2, 0) is 14.3 Å². The van der Waals surface area contributed by atoms with Crippen LogP contribution < -0.4 is 0 Å². The van der Waals surface area contributed by atoms with Gasteiger partial charge in [-0.15, -0.1) is 0 Å². The van der Waals surface area contributed by atoms with Crippen LogP contribution in [-0.4, -0.2) is 22.3 Å². The molecule has 134 valence electrons. The number of carbonyl (C=O) groups is 2. The van der Waals surface area contributed by atoms with Gasteiger partial charge in [-0.25, -0.2) is 0 Å². The van der Waals surface area contributed by atoms with Crippen LogP contribution in [0.4, 0.5) is 0 Å². The molecule has 1 aliphatic rings. The summed E-state index contributed by atoms with van der Waals surface area (Å²) in [6.07, 6.45) is 8.79. The number of ether oxygens (including phenoxy) is 1. The van der Waals surface area contributed by atoms with E-state index in [-0.39, 0.29) is 23.3 Å². The molecule has 0 N–H and O–H groups in total. The van der Waals surface area contributed by atoms with E-state index in [1.807, 2.05) is 6.08 Å². The van der Waals surface area contributed by atoms with Crippen LogP contribution in [0.1, 0.15) is 53.4 Å². The third-order valence-corrected chi connectivity index (χ3v) is 5.52. The minimum absolute atomic E-state index is 0.0738. The Bertz CT molecular complexity index is 543. The van der Waals surface area contributed by atoms with E-state index in [2.05, 4.69) is 56.0 Å². The SMILES string of the molecule is C=CC(=O)CC1=C(C)CCC(/C=C/C(CCI)OC(C)=O)C1(C)C. The Morgan fingerprint density at radius 2 is 2.12 bits per heavy atom. The molecule has 0 aromatic carbocycles. The van der Waals surface area contributed by atoms with Crippen LogP contribution in [0.2, 0.25) is 0 Å². The van der Waals surface area contributed by atoms with Crippen molar-refractivity contribution >= 4 is 34.3 Å². The molecular formula is C20H29IO3. The fourth-order valence-corrected chi connectivity index (χ4v) is 4.01. The van der Waals surface area contributed by atoms with Crippen LogP contribution in [0.15, 0.2) is 36.0 Å². The van der Waals surface area contributed by atoms with Gasteiger partial charge < -0.3 is 4.74 Å². The average molecular weight is 444 g/mol. The van der Waals surface area contributed by atoms with E-state index in [1.54, 1.807) is 0 Å². The first-order valence-electron chi connectivity index (χ1n) is 8.48. The van der Waals surface area contributed by atoms with Crippen molar-refractivity contribution in [2.45, 2.75) is 59.5 Å². The average Bonchev–Trinajstić information content (AvgIpc) is 2.49. The van der Waals surface area contributed by atoms with Crippen LogP contribution in [0.5, 0.6) is 0 Å². The maximum atomic E-state index is 11.9. The Labute approximate surface area is 159 Å². The van der Waals surface area contributed by atoms with Crippen LogP contribution in [0.25, 0.3) is 0 Å². The summed E-state index contributed by atoms with van der Waals surface area (Å²) in [4.78, 5) is 23.1. The van der Waals surface area contributed by atoms with Crippen molar-refractivity contribution in [2.75, 3.05) is 4.43 Å². The van der Waals surface area contributed by atoms with Crippen molar-refractivity contribution in [3.05, 3.63) is 36.0 Å². The first-order chi connectivity index (χ1) is 11.2. The van der Waals surface area contributed by atoms with Crippen molar-refractivity contribution in [1.82, 2.24) is 0 Å². The topological polar surface area (TPSA) is 43.4 Å². The molecule has 1 aliphatic carbocycles. The highest BCUT2D eigenvalue weighted by Crippen LogP contribution is 2.46. The number of rotatable bonds is 8. The van der Waals surface area contributed by atoms with E-state index in [1.165, 1.54) is 24.1 Å². The number of hydrogen-bond donors (Lipinski definition) is 0. The Morgan fingerprint density at radius 3 is 2.67 bits per heavy atom. The van der Waals surface area contributed by atoms with Crippen molar-refractivity contribution < 1.29 is 14.3 Å². The summed E-state index contributed by atoms with van der Waals surface area (Å²) < 4.78 is 6.31. The molecule has 0 saturated heterocycles. The lowest BCUT2D eigenvalue weighted by Crippen LogP contribution is -2.31. The monoisotopic (exact) mass is 444 g/mol. The van der Waals surface area contributed by atoms with Gasteiger partial charge in [-0.2, -0.15) is 0 Å². The van der Waals surface area contributed by atoms with Gasteiger partial charge in [0.05, 0.1) is 0 Å². The number of hydrogen-bond acceptors (Lipinski definition) is 3. The predicted molar refractivity (Wildman–Crippen MR) is 107 cm³/mol. The lowest BCUT2D eigenvalue weighted by atomic mass is 9.64. The second-order valence-electron chi connectivity index (χ2n) is 6.98. The highest BCUT2D eigenvalue weighted by atomic mass is 127. The summed E-state index contributed by atoms with van der Waals surface area (Å²) in [6, 6.07) is 0. The Morgan fingerprint density at radius 1 is 1.46 bits per heavy atom. The first-order valence-corrected chi connectivity index (χ1v) is 10.0. The molecule has 0 saturated carbocycles. The molecule has 0 aromatic heterocycles. The lowest BCUT2D eigenvalue weighted by Gasteiger charge is -2.40. The van der Waals surface area contributed by atoms with Gasteiger partial charge in [-0.1, -0.05) is 60.2 Å². The van der Waals surface area contributed by atoms with E-state index in [4.69, 9.17) is 4.74 Å². The van der Waals surface area contributed by atoms with Crippen LogP contribution in [0.3, 0.4) is 0 Å². The molecule has 0 fully saturated rings. The normalized spacial score (nSPS) is 21.6. The third kappa shape index (κ3) is 5.87. The second kappa shape index (κ2) is 9.54. The van der Waals surface area contributed by atoms with E-state index in [0.717, 1.165) is 23.7 Å². The van der Waals surface area contributed by atoms with Gasteiger partial charge in [0.25, 0.3) is 0 Å². The van der Waals surface area contributed by atoms with Crippen LogP contribution in [0, 0.1) is 11.3 Å². The molecule has 0 amide bonds. The van der Waals surface area contributed by atoms with Gasteiger partial charge in [-0.05, 0) is 49.7 Å². The molecule has 0 spiro atoms. The highest BCUT2D eigenvalue weighted by molar-refractivity contribution is 14.1. The molecule has 0 radical (unpaired) electrons. The quantitative estimate of drug-likeness (QED) is 0.170. The zero-order valence-corrected chi connectivity index (χ0v) is 17.4. The largest absolute Gasteiger partial charge is 0.458 e. The first kappa shape index (κ1) is 21.1. The Hall–Kier alpha value is -0.910. The molecule has 0 heterocycles. The summed E-state index contributed by atoms with van der Waals surface area (Å²) in [5.74, 6) is 0.163. The molecule has 4 heteroatoms. The maximum Gasteiger partial charge on any atom is 0.303 e. The fraction of sp³-hybridized carbons (Fsp3) is 0.600. The summed E-state index contributed by atoms with van der Waals surface area (Å²) in [7, 11) is 0. The van der Waals surface area contributed by atoms with Gasteiger partial charge in [0.15, 0.2) is 5.78 Å². The summed E-state index contributed by atoms with van der Waals surface area (Å²) in [5.41, 5.74) is 2.47.